The fourth-order valence-electron chi connectivity index (χ4n) is 1.21. The Labute approximate surface area is 104 Å². The van der Waals surface area contributed by atoms with Crippen LogP contribution in [-0.4, -0.2) is 0 Å². The monoisotopic (exact) mass is 223 g/mol. The van der Waals surface area contributed by atoms with E-state index >= 15 is 0 Å². The molecule has 1 N–H and O–H groups in total. The Bertz CT molecular complexity index is 402. The summed E-state index contributed by atoms with van der Waals surface area (Å²) < 4.78 is 0. The molecule has 0 saturated heterocycles. The minimum absolute atomic E-state index is 0.847. The topological polar surface area (TPSA) is 12.0 Å². The summed E-state index contributed by atoms with van der Waals surface area (Å²) in [5.74, 6) is 2.43. The van der Waals surface area contributed by atoms with Crippen molar-refractivity contribution in [1.82, 2.24) is 0 Å². The second kappa shape index (κ2) is 8.01. The van der Waals surface area contributed by atoms with Gasteiger partial charge in [0.05, 0.1) is 0 Å². The van der Waals surface area contributed by atoms with E-state index in [-0.39, 0.29) is 0 Å². The van der Waals surface area contributed by atoms with E-state index in [1.807, 2.05) is 67.6 Å². The number of anilines is 2. The lowest BCUT2D eigenvalue weighted by Crippen LogP contribution is -1.87. The molecule has 1 heteroatoms. The first kappa shape index (κ1) is 12.9. The van der Waals surface area contributed by atoms with Crippen molar-refractivity contribution < 1.29 is 0 Å². The zero-order chi connectivity index (χ0) is 12.3. The third kappa shape index (κ3) is 5.44. The average molecular weight is 223 g/mol. The summed E-state index contributed by atoms with van der Waals surface area (Å²) in [6.45, 7) is 1.94. The second-order valence-corrected chi connectivity index (χ2v) is 3.41. The predicted octanol–water partition coefficient (Wildman–Crippen LogP) is 4.46. The largest absolute Gasteiger partial charge is 0.356 e. The number of benzene rings is 2. The molecule has 0 saturated carbocycles. The van der Waals surface area contributed by atoms with Crippen LogP contribution in [0.5, 0.6) is 0 Å². The summed E-state index contributed by atoms with van der Waals surface area (Å²) >= 11 is 0. The molecule has 0 heterocycles. The molecular weight excluding hydrogens is 206 g/mol. The van der Waals surface area contributed by atoms with E-state index in [1.54, 1.807) is 0 Å². The zero-order valence-electron chi connectivity index (χ0n) is 10.1. The van der Waals surface area contributed by atoms with Gasteiger partial charge in [0.15, 0.2) is 0 Å². The fourth-order valence-corrected chi connectivity index (χ4v) is 1.21. The van der Waals surface area contributed by atoms with Crippen LogP contribution in [0.15, 0.2) is 60.7 Å². The van der Waals surface area contributed by atoms with Crippen LogP contribution in [0.4, 0.5) is 11.4 Å². The molecule has 0 aliphatic rings. The molecule has 2 aromatic carbocycles. The maximum atomic E-state index is 4.78. The first-order valence-electron chi connectivity index (χ1n) is 5.67. The standard InChI is InChI=1S/C12H11N.C4H6/c1-3-7-11(8-4-1)13-12-9-5-2-6-10-12;1-3-4-2/h1-10,13H;1H,4H2,2H3. The van der Waals surface area contributed by atoms with E-state index in [2.05, 4.69) is 11.2 Å². The van der Waals surface area contributed by atoms with Gasteiger partial charge in [-0.05, 0) is 24.3 Å². The fraction of sp³-hybridized carbons (Fsp3) is 0.125. The SMILES string of the molecule is C#CCC.c1ccc(Nc2ccccc2)cc1. The van der Waals surface area contributed by atoms with Gasteiger partial charge in [0.2, 0.25) is 0 Å². The summed E-state index contributed by atoms with van der Waals surface area (Å²) in [6.07, 6.45) is 5.62. The van der Waals surface area contributed by atoms with Crippen LogP contribution in [0.3, 0.4) is 0 Å². The summed E-state index contributed by atoms with van der Waals surface area (Å²) in [5, 5.41) is 3.30. The number of hydrogen-bond acceptors (Lipinski definition) is 1. The number of hydrogen-bond donors (Lipinski definition) is 1. The minimum atomic E-state index is 0.847. The minimum Gasteiger partial charge on any atom is -0.356 e. The van der Waals surface area contributed by atoms with Crippen LogP contribution in [-0.2, 0) is 0 Å². The van der Waals surface area contributed by atoms with Gasteiger partial charge >= 0.3 is 0 Å². The maximum Gasteiger partial charge on any atom is 0.0384 e. The highest BCUT2D eigenvalue weighted by atomic mass is 14.9. The van der Waals surface area contributed by atoms with Crippen molar-refractivity contribution in [1.29, 1.82) is 0 Å². The molecule has 0 aliphatic carbocycles. The van der Waals surface area contributed by atoms with E-state index in [1.165, 1.54) is 0 Å². The van der Waals surface area contributed by atoms with E-state index in [0.717, 1.165) is 17.8 Å². The van der Waals surface area contributed by atoms with Crippen molar-refractivity contribution in [2.75, 3.05) is 5.32 Å². The molecule has 0 aromatic heterocycles. The Morgan fingerprint density at radius 3 is 1.53 bits per heavy atom. The third-order valence-corrected chi connectivity index (χ3v) is 2.04. The van der Waals surface area contributed by atoms with Crippen LogP contribution in [0.2, 0.25) is 0 Å². The zero-order valence-corrected chi connectivity index (χ0v) is 10.1. The van der Waals surface area contributed by atoms with Gasteiger partial charge in [-0.25, -0.2) is 0 Å². The van der Waals surface area contributed by atoms with Gasteiger partial charge in [-0.15, -0.1) is 12.3 Å². The van der Waals surface area contributed by atoms with Gasteiger partial charge in [0.1, 0.15) is 0 Å². The summed E-state index contributed by atoms with van der Waals surface area (Å²) in [4.78, 5) is 0. The van der Waals surface area contributed by atoms with Crippen molar-refractivity contribution in [3.63, 3.8) is 0 Å². The van der Waals surface area contributed by atoms with E-state index in [0.29, 0.717) is 0 Å². The van der Waals surface area contributed by atoms with Gasteiger partial charge in [-0.2, -0.15) is 0 Å². The molecule has 2 rings (SSSR count). The Hall–Kier alpha value is -2.20. The summed E-state index contributed by atoms with van der Waals surface area (Å²) in [7, 11) is 0. The van der Waals surface area contributed by atoms with Gasteiger partial charge in [0.25, 0.3) is 0 Å². The van der Waals surface area contributed by atoms with Crippen LogP contribution in [0.1, 0.15) is 13.3 Å². The van der Waals surface area contributed by atoms with Crippen molar-refractivity contribution >= 4 is 11.4 Å². The molecule has 17 heavy (non-hydrogen) atoms. The van der Waals surface area contributed by atoms with Gasteiger partial charge in [0, 0.05) is 17.8 Å². The molecule has 0 amide bonds. The number of terminal acetylenes is 1. The quantitative estimate of drug-likeness (QED) is 0.741. The smallest absolute Gasteiger partial charge is 0.0384 e. The number of nitrogens with one attached hydrogen (secondary N) is 1. The molecule has 0 spiro atoms. The Morgan fingerprint density at radius 1 is 0.882 bits per heavy atom. The van der Waals surface area contributed by atoms with E-state index in [9.17, 15) is 0 Å². The molecule has 86 valence electrons. The van der Waals surface area contributed by atoms with Crippen LogP contribution in [0, 0.1) is 12.3 Å². The van der Waals surface area contributed by atoms with E-state index in [4.69, 9.17) is 6.42 Å². The Kier molecular flexibility index (Phi) is 6.06. The maximum absolute atomic E-state index is 4.78. The molecule has 1 nitrogen and oxygen atoms in total. The Balaban J connectivity index is 0.000000317. The highest BCUT2D eigenvalue weighted by Gasteiger charge is 1.89. The molecule has 0 fully saturated rings. The third-order valence-electron chi connectivity index (χ3n) is 2.04. The second-order valence-electron chi connectivity index (χ2n) is 3.41. The van der Waals surface area contributed by atoms with Gasteiger partial charge in [-0.3, -0.25) is 0 Å². The number of rotatable bonds is 2. The van der Waals surface area contributed by atoms with Gasteiger partial charge < -0.3 is 5.32 Å². The van der Waals surface area contributed by atoms with E-state index < -0.39 is 0 Å². The molecule has 2 aromatic rings. The summed E-state index contributed by atoms with van der Waals surface area (Å²) in [5.41, 5.74) is 2.24. The van der Waals surface area contributed by atoms with Crippen molar-refractivity contribution in [3.8, 4) is 12.3 Å². The molecule has 0 aliphatic heterocycles. The molecule has 0 radical (unpaired) electrons. The average Bonchev–Trinajstić information content (AvgIpc) is 2.41. The number of para-hydroxylation sites is 2. The van der Waals surface area contributed by atoms with Crippen molar-refractivity contribution in [2.45, 2.75) is 13.3 Å². The predicted molar refractivity (Wildman–Crippen MR) is 75.3 cm³/mol. The lowest BCUT2D eigenvalue weighted by molar-refractivity contribution is 1.28. The molecular formula is C16H17N. The highest BCUT2D eigenvalue weighted by molar-refractivity contribution is 5.58. The lowest BCUT2D eigenvalue weighted by Gasteiger charge is -2.04. The molecule has 0 bridgehead atoms. The van der Waals surface area contributed by atoms with Crippen LogP contribution < -0.4 is 5.32 Å². The van der Waals surface area contributed by atoms with Crippen LogP contribution >= 0.6 is 0 Å². The molecule has 0 unspecified atom stereocenters. The first-order valence-corrected chi connectivity index (χ1v) is 5.67. The summed E-state index contributed by atoms with van der Waals surface area (Å²) in [6, 6.07) is 20.3. The van der Waals surface area contributed by atoms with Crippen molar-refractivity contribution in [2.24, 2.45) is 0 Å². The highest BCUT2D eigenvalue weighted by Crippen LogP contribution is 2.14. The lowest BCUT2D eigenvalue weighted by atomic mass is 10.3. The Morgan fingerprint density at radius 2 is 1.24 bits per heavy atom. The van der Waals surface area contributed by atoms with Gasteiger partial charge in [-0.1, -0.05) is 43.3 Å². The van der Waals surface area contributed by atoms with Crippen LogP contribution in [0.25, 0.3) is 0 Å². The normalized spacial score (nSPS) is 8.47. The first-order chi connectivity index (χ1) is 8.36. The van der Waals surface area contributed by atoms with Crippen molar-refractivity contribution in [3.05, 3.63) is 60.7 Å². The molecule has 0 atom stereocenters.